The van der Waals surface area contributed by atoms with Gasteiger partial charge >= 0.3 is 0 Å². The summed E-state index contributed by atoms with van der Waals surface area (Å²) in [5, 5.41) is 10.7. The third kappa shape index (κ3) is 4.20. The van der Waals surface area contributed by atoms with Crippen LogP contribution in [0.1, 0.15) is 17.3 Å². The van der Waals surface area contributed by atoms with Gasteiger partial charge in [0.05, 0.1) is 17.1 Å². The first-order chi connectivity index (χ1) is 12.6. The number of amides is 2. The molecule has 1 aliphatic rings. The van der Waals surface area contributed by atoms with Crippen molar-refractivity contribution >= 4 is 23.4 Å². The topological polar surface area (TPSA) is 83.4 Å². The molecular weight excluding hydrogens is 356 g/mol. The lowest BCUT2D eigenvalue weighted by molar-refractivity contribution is -0.122. The van der Waals surface area contributed by atoms with Gasteiger partial charge in [-0.2, -0.15) is 0 Å². The molecule has 1 aromatic heterocycles. The van der Waals surface area contributed by atoms with Gasteiger partial charge in [-0.1, -0.05) is 11.6 Å². The number of rotatable bonds is 5. The van der Waals surface area contributed by atoms with E-state index in [1.807, 2.05) is 17.9 Å². The Morgan fingerprint density at radius 1 is 1.15 bits per heavy atom. The molecule has 0 aliphatic carbocycles. The molecule has 2 heterocycles. The molecule has 0 radical (unpaired) electrons. The molecule has 1 saturated heterocycles. The maximum atomic E-state index is 12.8. The van der Waals surface area contributed by atoms with Crippen LogP contribution in [0.5, 0.6) is 0 Å². The zero-order chi connectivity index (χ0) is 18.5. The van der Waals surface area contributed by atoms with Gasteiger partial charge in [0, 0.05) is 38.4 Å². The van der Waals surface area contributed by atoms with E-state index >= 15 is 0 Å². The number of hydrogen-bond acceptors (Lipinski definition) is 5. The smallest absolute Gasteiger partial charge is 0.255 e. The van der Waals surface area contributed by atoms with Crippen molar-refractivity contribution in [2.75, 3.05) is 39.3 Å². The Morgan fingerprint density at radius 3 is 2.46 bits per heavy atom. The zero-order valence-electron chi connectivity index (χ0n) is 14.6. The van der Waals surface area contributed by atoms with Crippen molar-refractivity contribution in [1.82, 2.24) is 29.9 Å². The first-order valence-corrected chi connectivity index (χ1v) is 8.89. The molecule has 0 spiro atoms. The van der Waals surface area contributed by atoms with E-state index in [1.54, 1.807) is 34.3 Å². The zero-order valence-corrected chi connectivity index (χ0v) is 15.3. The first-order valence-electron chi connectivity index (χ1n) is 8.51. The van der Waals surface area contributed by atoms with Gasteiger partial charge in [0.25, 0.3) is 5.91 Å². The summed E-state index contributed by atoms with van der Waals surface area (Å²) in [4.78, 5) is 28.2. The lowest BCUT2D eigenvalue weighted by atomic mass is 10.1. The molecule has 2 amide bonds. The molecule has 0 saturated carbocycles. The SMILES string of the molecule is CCNC(=O)CN1CCN(C(=O)c2ccc(-n3cnnc3)cc2Cl)CC1. The molecule has 8 nitrogen and oxygen atoms in total. The number of hydrogen-bond donors (Lipinski definition) is 1. The van der Waals surface area contributed by atoms with E-state index in [0.29, 0.717) is 49.9 Å². The van der Waals surface area contributed by atoms with Gasteiger partial charge in [-0.25, -0.2) is 0 Å². The molecule has 1 N–H and O–H groups in total. The third-order valence-electron chi connectivity index (χ3n) is 4.30. The van der Waals surface area contributed by atoms with Crippen molar-refractivity contribution in [3.05, 3.63) is 41.4 Å². The molecule has 9 heteroatoms. The molecule has 0 bridgehead atoms. The maximum absolute atomic E-state index is 12.8. The lowest BCUT2D eigenvalue weighted by Gasteiger charge is -2.34. The molecule has 1 fully saturated rings. The van der Waals surface area contributed by atoms with E-state index in [-0.39, 0.29) is 11.8 Å². The van der Waals surface area contributed by atoms with Gasteiger partial charge in [-0.15, -0.1) is 10.2 Å². The van der Waals surface area contributed by atoms with Crippen molar-refractivity contribution in [2.45, 2.75) is 6.92 Å². The minimum atomic E-state index is -0.0945. The van der Waals surface area contributed by atoms with Gasteiger partial charge in [-0.3, -0.25) is 19.1 Å². The minimum Gasteiger partial charge on any atom is -0.355 e. The monoisotopic (exact) mass is 376 g/mol. The van der Waals surface area contributed by atoms with Crippen LogP contribution in [0.15, 0.2) is 30.9 Å². The molecule has 138 valence electrons. The summed E-state index contributed by atoms with van der Waals surface area (Å²) in [7, 11) is 0. The summed E-state index contributed by atoms with van der Waals surface area (Å²) in [5.74, 6) is -0.0807. The number of nitrogens with zero attached hydrogens (tertiary/aromatic N) is 5. The maximum Gasteiger partial charge on any atom is 0.255 e. The quantitative estimate of drug-likeness (QED) is 0.835. The number of halogens is 1. The second kappa shape index (κ2) is 8.29. The fourth-order valence-corrected chi connectivity index (χ4v) is 3.16. The summed E-state index contributed by atoms with van der Waals surface area (Å²) >= 11 is 6.33. The lowest BCUT2D eigenvalue weighted by Crippen LogP contribution is -2.51. The van der Waals surface area contributed by atoms with Gasteiger partial charge in [0.2, 0.25) is 5.91 Å². The van der Waals surface area contributed by atoms with Gasteiger partial charge in [0.15, 0.2) is 0 Å². The largest absolute Gasteiger partial charge is 0.355 e. The number of nitrogens with one attached hydrogen (secondary N) is 1. The summed E-state index contributed by atoms with van der Waals surface area (Å²) in [6.07, 6.45) is 3.14. The fraction of sp³-hybridized carbons (Fsp3) is 0.412. The van der Waals surface area contributed by atoms with Crippen molar-refractivity contribution in [2.24, 2.45) is 0 Å². The Morgan fingerprint density at radius 2 is 1.85 bits per heavy atom. The highest BCUT2D eigenvalue weighted by molar-refractivity contribution is 6.34. The van der Waals surface area contributed by atoms with Crippen LogP contribution in [0.4, 0.5) is 0 Å². The van der Waals surface area contributed by atoms with E-state index in [1.165, 1.54) is 0 Å². The van der Waals surface area contributed by atoms with E-state index in [4.69, 9.17) is 11.6 Å². The van der Waals surface area contributed by atoms with E-state index < -0.39 is 0 Å². The summed E-state index contributed by atoms with van der Waals surface area (Å²) in [6, 6.07) is 5.26. The molecule has 3 rings (SSSR count). The third-order valence-corrected chi connectivity index (χ3v) is 4.61. The minimum absolute atomic E-state index is 0.0138. The molecule has 0 unspecified atom stereocenters. The van der Waals surface area contributed by atoms with E-state index in [9.17, 15) is 9.59 Å². The highest BCUT2D eigenvalue weighted by Gasteiger charge is 2.24. The van der Waals surface area contributed by atoms with Crippen molar-refractivity contribution in [1.29, 1.82) is 0 Å². The average molecular weight is 377 g/mol. The Kier molecular flexibility index (Phi) is 5.85. The number of likely N-dealkylation sites (N-methyl/N-ethyl adjacent to an activating group) is 1. The van der Waals surface area contributed by atoms with Crippen LogP contribution in [0, 0.1) is 0 Å². The van der Waals surface area contributed by atoms with Gasteiger partial charge in [0.1, 0.15) is 12.7 Å². The predicted molar refractivity (Wildman–Crippen MR) is 97.4 cm³/mol. The highest BCUT2D eigenvalue weighted by Crippen LogP contribution is 2.22. The number of carbonyl (C=O) groups is 2. The molecule has 26 heavy (non-hydrogen) atoms. The second-order valence-corrected chi connectivity index (χ2v) is 6.46. The fourth-order valence-electron chi connectivity index (χ4n) is 2.91. The molecule has 1 aromatic carbocycles. The predicted octanol–water partition coefficient (Wildman–Crippen LogP) is 0.815. The van der Waals surface area contributed by atoms with Crippen molar-refractivity contribution < 1.29 is 9.59 Å². The van der Waals surface area contributed by atoms with Crippen LogP contribution in [0.2, 0.25) is 5.02 Å². The standard InChI is InChI=1S/C17H21ClN6O2/c1-2-19-16(25)10-22-5-7-23(8-6-22)17(26)14-4-3-13(9-15(14)18)24-11-20-21-12-24/h3-4,9,11-12H,2,5-8,10H2,1H3,(H,19,25). The Balaban J connectivity index is 1.61. The van der Waals surface area contributed by atoms with Gasteiger partial charge in [-0.05, 0) is 25.1 Å². The molecule has 2 aromatic rings. The number of aromatic nitrogens is 3. The Hall–Kier alpha value is -2.45. The van der Waals surface area contributed by atoms with Crippen LogP contribution in [-0.4, -0.2) is 75.6 Å². The highest BCUT2D eigenvalue weighted by atomic mass is 35.5. The summed E-state index contributed by atoms with van der Waals surface area (Å²) in [6.45, 7) is 5.36. The second-order valence-electron chi connectivity index (χ2n) is 6.06. The first kappa shape index (κ1) is 18.3. The van der Waals surface area contributed by atoms with Crippen LogP contribution >= 0.6 is 11.6 Å². The number of benzene rings is 1. The summed E-state index contributed by atoms with van der Waals surface area (Å²) in [5.41, 5.74) is 1.27. The Labute approximate surface area is 156 Å². The van der Waals surface area contributed by atoms with Crippen LogP contribution in [-0.2, 0) is 4.79 Å². The van der Waals surface area contributed by atoms with Crippen molar-refractivity contribution in [3.63, 3.8) is 0 Å². The van der Waals surface area contributed by atoms with Crippen LogP contribution < -0.4 is 5.32 Å². The van der Waals surface area contributed by atoms with Crippen LogP contribution in [0.25, 0.3) is 5.69 Å². The molecular formula is C17H21ClN6O2. The Bertz CT molecular complexity index is 772. The number of carbonyl (C=O) groups excluding carboxylic acids is 2. The van der Waals surface area contributed by atoms with E-state index in [2.05, 4.69) is 15.5 Å². The van der Waals surface area contributed by atoms with Crippen LogP contribution in [0.3, 0.4) is 0 Å². The van der Waals surface area contributed by atoms with Gasteiger partial charge < -0.3 is 10.2 Å². The molecule has 0 atom stereocenters. The van der Waals surface area contributed by atoms with Crippen molar-refractivity contribution in [3.8, 4) is 5.69 Å². The average Bonchev–Trinajstić information content (AvgIpc) is 3.16. The number of piperazine rings is 1. The molecule has 1 aliphatic heterocycles. The van der Waals surface area contributed by atoms with E-state index in [0.717, 1.165) is 5.69 Å². The normalized spacial score (nSPS) is 15.1. The summed E-state index contributed by atoms with van der Waals surface area (Å²) < 4.78 is 1.72.